The van der Waals surface area contributed by atoms with E-state index >= 15 is 0 Å². The van der Waals surface area contributed by atoms with E-state index in [0.717, 1.165) is 47.0 Å². The zero-order valence-corrected chi connectivity index (χ0v) is 17.6. The molecule has 0 spiro atoms. The van der Waals surface area contributed by atoms with Gasteiger partial charge in [-0.2, -0.15) is 9.61 Å². The van der Waals surface area contributed by atoms with Gasteiger partial charge in [-0.15, -0.1) is 0 Å². The Morgan fingerprint density at radius 3 is 2.90 bits per heavy atom. The van der Waals surface area contributed by atoms with Gasteiger partial charge in [-0.3, -0.25) is 9.78 Å². The van der Waals surface area contributed by atoms with E-state index in [2.05, 4.69) is 52.5 Å². The predicted octanol–water partition coefficient (Wildman–Crippen LogP) is 3.60. The van der Waals surface area contributed by atoms with Crippen molar-refractivity contribution in [1.29, 1.82) is 0 Å². The average molecular weight is 416 g/mol. The van der Waals surface area contributed by atoms with E-state index in [-0.39, 0.29) is 11.9 Å². The van der Waals surface area contributed by atoms with Crippen molar-refractivity contribution in [2.45, 2.75) is 45.2 Å². The largest absolute Gasteiger partial charge is 0.367 e. The van der Waals surface area contributed by atoms with Gasteiger partial charge in [0, 0.05) is 29.6 Å². The Bertz CT molecular complexity index is 1220. The summed E-state index contributed by atoms with van der Waals surface area (Å²) in [4.78, 5) is 21.0. The molecular weight excluding hydrogens is 390 g/mol. The number of carbonyl (C=O) groups is 1. The monoisotopic (exact) mass is 415 g/mol. The highest BCUT2D eigenvalue weighted by Gasteiger charge is 2.24. The highest BCUT2D eigenvalue weighted by Crippen LogP contribution is 2.29. The summed E-state index contributed by atoms with van der Waals surface area (Å²) in [6.07, 6.45) is 8.16. The van der Waals surface area contributed by atoms with E-state index in [1.807, 2.05) is 28.9 Å². The number of carbonyl (C=O) groups excluding carboxylic acids is 1. The molecule has 8 heteroatoms. The number of amides is 1. The van der Waals surface area contributed by atoms with Crippen LogP contribution in [0.2, 0.25) is 0 Å². The maximum atomic E-state index is 11.7. The Balaban J connectivity index is 1.53. The summed E-state index contributed by atoms with van der Waals surface area (Å²) in [5, 5.41) is 14.3. The van der Waals surface area contributed by atoms with Crippen LogP contribution in [0.3, 0.4) is 0 Å². The van der Waals surface area contributed by atoms with Gasteiger partial charge in [0.2, 0.25) is 5.91 Å². The van der Waals surface area contributed by atoms with Crippen LogP contribution in [0, 0.1) is 6.92 Å². The number of anilines is 2. The molecule has 1 unspecified atom stereocenters. The van der Waals surface area contributed by atoms with Gasteiger partial charge < -0.3 is 16.0 Å². The number of nitrogens with one attached hydrogen (secondary N) is 3. The van der Waals surface area contributed by atoms with Crippen molar-refractivity contribution in [3.8, 4) is 0 Å². The topological polar surface area (TPSA) is 96.2 Å². The summed E-state index contributed by atoms with van der Waals surface area (Å²) in [5.74, 6) is 1.59. The summed E-state index contributed by atoms with van der Waals surface area (Å²) >= 11 is 0. The molecule has 31 heavy (non-hydrogen) atoms. The van der Waals surface area contributed by atoms with Gasteiger partial charge in [-0.1, -0.05) is 6.58 Å². The molecule has 1 aliphatic carbocycles. The molecule has 1 aliphatic heterocycles. The van der Waals surface area contributed by atoms with Crippen molar-refractivity contribution in [2.24, 2.45) is 0 Å². The number of aromatic nitrogens is 4. The second-order valence-corrected chi connectivity index (χ2v) is 8.28. The standard InChI is InChI=1S/C23H25N7O/c1-13-6-7-24-19(8-13)15(3)26-20-11-21(28-18-4-5-18)30-23(29-20)17(12-25-30)9-16-10-22(31)27-14(16)2/h6-9,11-12,15,18,28H,2,4-5,10H2,1,3H3,(H,26,29)(H,27,31)/b16-9+. The van der Waals surface area contributed by atoms with Gasteiger partial charge in [0.15, 0.2) is 5.65 Å². The van der Waals surface area contributed by atoms with Gasteiger partial charge >= 0.3 is 0 Å². The van der Waals surface area contributed by atoms with Gasteiger partial charge in [-0.05, 0) is 56.0 Å². The summed E-state index contributed by atoms with van der Waals surface area (Å²) < 4.78 is 1.82. The molecule has 2 fully saturated rings. The normalized spacial score (nSPS) is 18.5. The van der Waals surface area contributed by atoms with Crippen LogP contribution in [-0.2, 0) is 4.79 Å². The molecule has 0 bridgehead atoms. The highest BCUT2D eigenvalue weighted by molar-refractivity contribution is 5.89. The minimum Gasteiger partial charge on any atom is -0.367 e. The van der Waals surface area contributed by atoms with Crippen LogP contribution in [0.25, 0.3) is 11.7 Å². The van der Waals surface area contributed by atoms with Crippen molar-refractivity contribution >= 4 is 29.3 Å². The molecule has 3 aromatic heterocycles. The lowest BCUT2D eigenvalue weighted by molar-refractivity contribution is -0.118. The lowest BCUT2D eigenvalue weighted by Crippen LogP contribution is -2.13. The van der Waals surface area contributed by atoms with Crippen LogP contribution in [-0.4, -0.2) is 31.5 Å². The van der Waals surface area contributed by atoms with Crippen molar-refractivity contribution < 1.29 is 4.79 Å². The smallest absolute Gasteiger partial charge is 0.228 e. The number of rotatable bonds is 6. The van der Waals surface area contributed by atoms with E-state index < -0.39 is 0 Å². The van der Waals surface area contributed by atoms with Crippen LogP contribution >= 0.6 is 0 Å². The van der Waals surface area contributed by atoms with Gasteiger partial charge in [0.05, 0.1) is 24.4 Å². The Labute approximate surface area is 180 Å². The molecule has 0 aromatic carbocycles. The first kappa shape index (κ1) is 19.3. The van der Waals surface area contributed by atoms with E-state index in [1.165, 1.54) is 5.56 Å². The third kappa shape index (κ3) is 4.01. The molecule has 1 atom stereocenters. The van der Waals surface area contributed by atoms with Crippen LogP contribution in [0.5, 0.6) is 0 Å². The van der Waals surface area contributed by atoms with Gasteiger partial charge in [0.1, 0.15) is 11.6 Å². The summed E-state index contributed by atoms with van der Waals surface area (Å²) in [6, 6.07) is 6.51. The Morgan fingerprint density at radius 2 is 2.19 bits per heavy atom. The van der Waals surface area contributed by atoms with Crippen LogP contribution in [0.4, 0.5) is 11.6 Å². The fourth-order valence-corrected chi connectivity index (χ4v) is 3.69. The molecule has 2 aliphatic rings. The Morgan fingerprint density at radius 1 is 1.35 bits per heavy atom. The second kappa shape index (κ2) is 7.54. The molecule has 8 nitrogen and oxygen atoms in total. The SMILES string of the molecule is C=C1NC(=O)C/C1=C\c1cnn2c(NC3CC3)cc(NC(C)c3cc(C)ccn3)nc12. The van der Waals surface area contributed by atoms with Gasteiger partial charge in [-0.25, -0.2) is 4.98 Å². The lowest BCUT2D eigenvalue weighted by Gasteiger charge is -2.16. The highest BCUT2D eigenvalue weighted by atomic mass is 16.1. The summed E-state index contributed by atoms with van der Waals surface area (Å²) in [5.41, 5.74) is 5.18. The van der Waals surface area contributed by atoms with Crippen LogP contribution in [0.15, 0.2) is 48.4 Å². The van der Waals surface area contributed by atoms with Crippen molar-refractivity contribution in [2.75, 3.05) is 10.6 Å². The zero-order chi connectivity index (χ0) is 21.5. The molecule has 1 saturated carbocycles. The third-order valence-corrected chi connectivity index (χ3v) is 5.53. The van der Waals surface area contributed by atoms with E-state index in [4.69, 9.17) is 4.98 Å². The van der Waals surface area contributed by atoms with E-state index in [1.54, 1.807) is 6.20 Å². The number of nitrogens with zero attached hydrogens (tertiary/aromatic N) is 4. The molecule has 3 aromatic rings. The zero-order valence-electron chi connectivity index (χ0n) is 17.6. The average Bonchev–Trinajstić information content (AvgIpc) is 3.37. The number of hydrogen-bond donors (Lipinski definition) is 3. The first-order valence-electron chi connectivity index (χ1n) is 10.5. The van der Waals surface area contributed by atoms with Crippen LogP contribution in [0.1, 0.15) is 49.0 Å². The molecule has 1 saturated heterocycles. The summed E-state index contributed by atoms with van der Waals surface area (Å²) in [6.45, 7) is 8.06. The Hall–Kier alpha value is -3.68. The first-order chi connectivity index (χ1) is 15.0. The van der Waals surface area contributed by atoms with Crippen molar-refractivity contribution in [3.63, 3.8) is 0 Å². The number of allylic oxidation sites excluding steroid dienone is 1. The number of fused-ring (bicyclic) bond motifs is 1. The molecule has 3 N–H and O–H groups in total. The molecule has 158 valence electrons. The second-order valence-electron chi connectivity index (χ2n) is 8.28. The summed E-state index contributed by atoms with van der Waals surface area (Å²) in [7, 11) is 0. The van der Waals surface area contributed by atoms with Crippen molar-refractivity contribution in [1.82, 2.24) is 24.9 Å². The van der Waals surface area contributed by atoms with E-state index in [0.29, 0.717) is 18.2 Å². The van der Waals surface area contributed by atoms with Crippen molar-refractivity contribution in [3.05, 3.63) is 65.3 Å². The van der Waals surface area contributed by atoms with Crippen LogP contribution < -0.4 is 16.0 Å². The Kier molecular flexibility index (Phi) is 4.69. The first-order valence-corrected chi connectivity index (χ1v) is 10.5. The molecule has 0 radical (unpaired) electrons. The molecular formula is C23H25N7O. The molecule has 1 amide bonds. The minimum atomic E-state index is -0.0430. The molecule has 5 rings (SSSR count). The maximum Gasteiger partial charge on any atom is 0.228 e. The quantitative estimate of drug-likeness (QED) is 0.569. The number of aryl methyl sites for hydroxylation is 1. The minimum absolute atomic E-state index is 0.00946. The number of hydrogen-bond acceptors (Lipinski definition) is 6. The fraction of sp³-hybridized carbons (Fsp3) is 0.304. The third-order valence-electron chi connectivity index (χ3n) is 5.53. The van der Waals surface area contributed by atoms with Gasteiger partial charge in [0.25, 0.3) is 0 Å². The maximum absolute atomic E-state index is 11.7. The fourth-order valence-electron chi connectivity index (χ4n) is 3.69. The lowest BCUT2D eigenvalue weighted by atomic mass is 10.1. The number of pyridine rings is 1. The van der Waals surface area contributed by atoms with E-state index in [9.17, 15) is 4.79 Å². The predicted molar refractivity (Wildman–Crippen MR) is 121 cm³/mol. The molecule has 4 heterocycles.